The summed E-state index contributed by atoms with van der Waals surface area (Å²) in [7, 11) is 3.50. The van der Waals surface area contributed by atoms with Gasteiger partial charge in [0.05, 0.1) is 23.0 Å². The maximum absolute atomic E-state index is 13.4. The zero-order valence-electron chi connectivity index (χ0n) is 14.7. The second-order valence-corrected chi connectivity index (χ2v) is 7.23. The molecule has 130 valence electrons. The van der Waals surface area contributed by atoms with Crippen molar-refractivity contribution in [3.05, 3.63) is 82.9 Å². The van der Waals surface area contributed by atoms with Crippen LogP contribution >= 0.6 is 11.8 Å². The number of nitrogens with one attached hydrogen (secondary N) is 1. The molecule has 3 aromatic carbocycles. The van der Waals surface area contributed by atoms with Crippen LogP contribution in [0.5, 0.6) is 5.75 Å². The average Bonchev–Trinajstić information content (AvgIpc) is 3.03. The third-order valence-corrected chi connectivity index (χ3v) is 5.99. The van der Waals surface area contributed by atoms with Crippen LogP contribution in [0.2, 0.25) is 0 Å². The Balaban J connectivity index is 1.79. The summed E-state index contributed by atoms with van der Waals surface area (Å²) in [4.78, 5) is 13.4. The first-order valence-electron chi connectivity index (χ1n) is 8.48. The minimum Gasteiger partial charge on any atom is -0.497 e. The molecule has 0 aromatic heterocycles. The number of fused-ring (bicyclic) bond motifs is 1. The normalized spacial score (nSPS) is 17.0. The number of methoxy groups -OCH3 is 1. The third kappa shape index (κ3) is 2.76. The summed E-state index contributed by atoms with van der Waals surface area (Å²) in [5.74, 6) is 0.876. The minimum atomic E-state index is -0.246. The van der Waals surface area contributed by atoms with Crippen molar-refractivity contribution in [3.63, 3.8) is 0 Å². The Hall–Kier alpha value is -2.72. The Labute approximate surface area is 157 Å². The number of Topliss-reactive ketones (excluding diaryl/α,β-unsaturated/α-hetero) is 1. The molecular weight excluding hydrogens is 342 g/mol. The summed E-state index contributed by atoms with van der Waals surface area (Å²) in [6, 6.07) is 22.0. The van der Waals surface area contributed by atoms with Crippen LogP contribution in [0.3, 0.4) is 0 Å². The summed E-state index contributed by atoms with van der Waals surface area (Å²) in [5.41, 5.74) is 2.67. The number of carbonyl (C=O) groups excluding carboxylic acids is 1. The van der Waals surface area contributed by atoms with E-state index in [1.807, 2.05) is 49.5 Å². The summed E-state index contributed by atoms with van der Waals surface area (Å²) >= 11 is 1.58. The summed E-state index contributed by atoms with van der Waals surface area (Å²) in [6.45, 7) is 0. The summed E-state index contributed by atoms with van der Waals surface area (Å²) < 4.78 is 5.33. The van der Waals surface area contributed by atoms with Crippen LogP contribution in [0.25, 0.3) is 16.3 Å². The number of thioether (sulfide) groups is 1. The van der Waals surface area contributed by atoms with Gasteiger partial charge < -0.3 is 10.1 Å². The van der Waals surface area contributed by atoms with Gasteiger partial charge in [-0.1, -0.05) is 66.4 Å². The molecule has 1 atom stereocenters. The quantitative estimate of drug-likeness (QED) is 0.725. The van der Waals surface area contributed by atoms with Crippen molar-refractivity contribution >= 4 is 33.9 Å². The number of benzene rings is 3. The molecule has 0 spiro atoms. The van der Waals surface area contributed by atoms with Crippen molar-refractivity contribution < 1.29 is 9.53 Å². The highest BCUT2D eigenvalue weighted by Gasteiger charge is 2.36. The van der Waals surface area contributed by atoms with Gasteiger partial charge in [0.1, 0.15) is 5.75 Å². The summed E-state index contributed by atoms with van der Waals surface area (Å²) in [6.07, 6.45) is 0. The number of ketones is 1. The van der Waals surface area contributed by atoms with Gasteiger partial charge in [0.2, 0.25) is 0 Å². The molecule has 0 amide bonds. The molecule has 26 heavy (non-hydrogen) atoms. The minimum absolute atomic E-state index is 0.129. The first-order valence-corrected chi connectivity index (χ1v) is 9.36. The molecule has 0 radical (unpaired) electrons. The average molecular weight is 361 g/mol. The number of hydrogen-bond donors (Lipinski definition) is 1. The molecule has 4 heteroatoms. The Bertz CT molecular complexity index is 1020. The van der Waals surface area contributed by atoms with E-state index < -0.39 is 0 Å². The molecule has 1 N–H and O–H groups in total. The van der Waals surface area contributed by atoms with E-state index in [0.29, 0.717) is 0 Å². The van der Waals surface area contributed by atoms with Gasteiger partial charge in [0.25, 0.3) is 0 Å². The number of hydrogen-bond acceptors (Lipinski definition) is 4. The van der Waals surface area contributed by atoms with Gasteiger partial charge in [-0.2, -0.15) is 0 Å². The van der Waals surface area contributed by atoms with Gasteiger partial charge in [-0.3, -0.25) is 4.79 Å². The van der Waals surface area contributed by atoms with E-state index in [9.17, 15) is 4.79 Å². The number of allylic oxidation sites excluding steroid dienone is 1. The molecular formula is C22H19NO2S. The van der Waals surface area contributed by atoms with E-state index in [-0.39, 0.29) is 11.0 Å². The molecule has 0 fully saturated rings. The lowest BCUT2D eigenvalue weighted by molar-refractivity contribution is -0.113. The van der Waals surface area contributed by atoms with E-state index in [1.165, 1.54) is 0 Å². The molecule has 0 aliphatic carbocycles. The van der Waals surface area contributed by atoms with E-state index >= 15 is 0 Å². The fraction of sp³-hybridized carbons (Fsp3) is 0.136. The van der Waals surface area contributed by atoms with Crippen molar-refractivity contribution in [1.82, 2.24) is 5.32 Å². The largest absolute Gasteiger partial charge is 0.497 e. The first kappa shape index (κ1) is 16.7. The Morgan fingerprint density at radius 1 is 1.00 bits per heavy atom. The maximum atomic E-state index is 13.4. The van der Waals surface area contributed by atoms with Gasteiger partial charge >= 0.3 is 0 Å². The van der Waals surface area contributed by atoms with Crippen LogP contribution in [0.4, 0.5) is 0 Å². The van der Waals surface area contributed by atoms with Crippen LogP contribution in [0.1, 0.15) is 16.4 Å². The van der Waals surface area contributed by atoms with Crippen LogP contribution < -0.4 is 10.1 Å². The van der Waals surface area contributed by atoms with Crippen LogP contribution in [0, 0.1) is 0 Å². The van der Waals surface area contributed by atoms with Crippen molar-refractivity contribution in [2.45, 2.75) is 5.25 Å². The van der Waals surface area contributed by atoms with Gasteiger partial charge in [-0.25, -0.2) is 0 Å². The highest BCUT2D eigenvalue weighted by Crippen LogP contribution is 2.48. The van der Waals surface area contributed by atoms with Crippen molar-refractivity contribution in [2.75, 3.05) is 14.2 Å². The molecule has 1 aliphatic rings. The zero-order valence-corrected chi connectivity index (χ0v) is 15.5. The lowest BCUT2D eigenvalue weighted by Gasteiger charge is -2.12. The Morgan fingerprint density at radius 3 is 2.58 bits per heavy atom. The van der Waals surface area contributed by atoms with Gasteiger partial charge in [-0.15, -0.1) is 0 Å². The molecule has 1 aliphatic heterocycles. The Morgan fingerprint density at radius 2 is 1.77 bits per heavy atom. The lowest BCUT2D eigenvalue weighted by Crippen LogP contribution is -2.08. The number of ether oxygens (including phenoxy) is 1. The van der Waals surface area contributed by atoms with Gasteiger partial charge in [-0.05, 0) is 34.0 Å². The molecule has 0 saturated carbocycles. The highest BCUT2D eigenvalue weighted by atomic mass is 32.2. The third-order valence-electron chi connectivity index (χ3n) is 4.64. The van der Waals surface area contributed by atoms with Crippen LogP contribution in [-0.2, 0) is 4.79 Å². The zero-order chi connectivity index (χ0) is 18.1. The number of carbonyl (C=O) groups is 1. The van der Waals surface area contributed by atoms with E-state index in [4.69, 9.17) is 4.74 Å². The smallest absolute Gasteiger partial charge is 0.183 e. The first-order chi connectivity index (χ1) is 12.7. The van der Waals surface area contributed by atoms with E-state index in [0.717, 1.165) is 38.3 Å². The highest BCUT2D eigenvalue weighted by molar-refractivity contribution is 8.04. The van der Waals surface area contributed by atoms with E-state index in [2.05, 4.69) is 29.6 Å². The van der Waals surface area contributed by atoms with Crippen LogP contribution in [0.15, 0.2) is 71.8 Å². The fourth-order valence-electron chi connectivity index (χ4n) is 3.39. The molecule has 4 rings (SSSR count). The Kier molecular flexibility index (Phi) is 4.43. The lowest BCUT2D eigenvalue weighted by atomic mass is 9.94. The predicted octanol–water partition coefficient (Wildman–Crippen LogP) is 4.79. The number of rotatable bonds is 4. The fourth-order valence-corrected chi connectivity index (χ4v) is 4.64. The summed E-state index contributed by atoms with van der Waals surface area (Å²) in [5, 5.41) is 6.15. The van der Waals surface area contributed by atoms with Gasteiger partial charge in [0.15, 0.2) is 5.78 Å². The standard InChI is InChI=1S/C22H19NO2S/c1-23-22-19(15-9-5-10-16(13-15)25-2)20(24)21(26-22)18-12-6-8-14-7-3-4-11-17(14)18/h3-13,21,23H,1-2H3. The SMILES string of the molecule is CNC1=C(c2cccc(OC)c2)C(=O)C(c2cccc3ccccc23)S1. The predicted molar refractivity (Wildman–Crippen MR) is 108 cm³/mol. The maximum Gasteiger partial charge on any atom is 0.183 e. The molecule has 3 nitrogen and oxygen atoms in total. The molecule has 0 saturated heterocycles. The molecule has 1 unspecified atom stereocenters. The second-order valence-electron chi connectivity index (χ2n) is 6.12. The second kappa shape index (κ2) is 6.89. The van der Waals surface area contributed by atoms with Crippen molar-refractivity contribution in [3.8, 4) is 5.75 Å². The van der Waals surface area contributed by atoms with Crippen LogP contribution in [-0.4, -0.2) is 19.9 Å². The molecule has 1 heterocycles. The van der Waals surface area contributed by atoms with E-state index in [1.54, 1.807) is 18.9 Å². The monoisotopic (exact) mass is 361 g/mol. The molecule has 0 bridgehead atoms. The molecule has 3 aromatic rings. The van der Waals surface area contributed by atoms with Crippen molar-refractivity contribution in [1.29, 1.82) is 0 Å². The van der Waals surface area contributed by atoms with Gasteiger partial charge in [0, 0.05) is 7.05 Å². The topological polar surface area (TPSA) is 38.3 Å². The van der Waals surface area contributed by atoms with Crippen molar-refractivity contribution in [2.24, 2.45) is 0 Å².